The highest BCUT2D eigenvalue weighted by Gasteiger charge is 2.24. The molecule has 4 nitrogen and oxygen atoms in total. The number of ketones is 1. The number of aromatic nitrogens is 1. The second-order valence-corrected chi connectivity index (χ2v) is 6.01. The molecule has 2 atom stereocenters. The summed E-state index contributed by atoms with van der Waals surface area (Å²) in [6, 6.07) is 5.76. The van der Waals surface area contributed by atoms with Crippen LogP contribution in [-0.2, 0) is 0 Å². The minimum Gasteiger partial charge on any atom is -0.395 e. The number of hydrogen-bond donors (Lipinski definition) is 2. The van der Waals surface area contributed by atoms with E-state index in [4.69, 9.17) is 11.6 Å². The fraction of sp³-hybridized carbons (Fsp3) is 0.333. The van der Waals surface area contributed by atoms with Crippen LogP contribution in [0.25, 0.3) is 0 Å². The summed E-state index contributed by atoms with van der Waals surface area (Å²) in [5.74, 6) is -1.14. The monoisotopic (exact) mass is 350 g/mol. The van der Waals surface area contributed by atoms with Crippen LogP contribution in [0.1, 0.15) is 47.8 Å². The molecule has 0 saturated carbocycles. The molecule has 2 aromatic rings. The van der Waals surface area contributed by atoms with E-state index in [-0.39, 0.29) is 34.8 Å². The fourth-order valence-corrected chi connectivity index (χ4v) is 2.74. The van der Waals surface area contributed by atoms with Crippen LogP contribution in [0.15, 0.2) is 36.7 Å². The van der Waals surface area contributed by atoms with Crippen molar-refractivity contribution in [2.45, 2.75) is 32.4 Å². The standard InChI is InChI=1S/C18H20ClFN2O2/c1-3-15(22-11(2)10-23)13-6-7-14(19)16(17(13)20)18(24)12-5-4-8-21-9-12/h4-9,11,15,22-23H,3,10H2,1-2H3/t11-,15-/m1/s1. The van der Waals surface area contributed by atoms with Crippen molar-refractivity contribution in [1.29, 1.82) is 0 Å². The second kappa shape index (κ2) is 8.33. The Kier molecular flexibility index (Phi) is 6.43. The molecular formula is C18H20ClFN2O2. The second-order valence-electron chi connectivity index (χ2n) is 5.61. The molecule has 0 amide bonds. The zero-order valence-electron chi connectivity index (χ0n) is 13.6. The molecule has 0 fully saturated rings. The maximum absolute atomic E-state index is 15.0. The minimum absolute atomic E-state index is 0.0623. The zero-order chi connectivity index (χ0) is 17.7. The Balaban J connectivity index is 2.45. The first kappa shape index (κ1) is 18.5. The number of aliphatic hydroxyl groups is 1. The quantitative estimate of drug-likeness (QED) is 0.750. The summed E-state index contributed by atoms with van der Waals surface area (Å²) < 4.78 is 15.0. The van der Waals surface area contributed by atoms with E-state index in [2.05, 4.69) is 10.3 Å². The predicted molar refractivity (Wildman–Crippen MR) is 91.8 cm³/mol. The number of carbonyl (C=O) groups excluding carboxylic acids is 1. The van der Waals surface area contributed by atoms with Gasteiger partial charge in [-0.2, -0.15) is 0 Å². The van der Waals surface area contributed by atoms with E-state index in [1.807, 2.05) is 6.92 Å². The van der Waals surface area contributed by atoms with Crippen molar-refractivity contribution in [3.63, 3.8) is 0 Å². The Bertz CT molecular complexity index is 710. The van der Waals surface area contributed by atoms with Gasteiger partial charge in [0.25, 0.3) is 0 Å². The van der Waals surface area contributed by atoms with Gasteiger partial charge in [-0.15, -0.1) is 0 Å². The first-order valence-electron chi connectivity index (χ1n) is 7.79. The Morgan fingerprint density at radius 3 is 2.75 bits per heavy atom. The number of aliphatic hydroxyl groups excluding tert-OH is 1. The van der Waals surface area contributed by atoms with Crippen LogP contribution in [0.3, 0.4) is 0 Å². The van der Waals surface area contributed by atoms with Crippen molar-refractivity contribution in [3.05, 3.63) is 64.2 Å². The number of carbonyl (C=O) groups is 1. The van der Waals surface area contributed by atoms with Crippen LogP contribution >= 0.6 is 11.6 Å². The summed E-state index contributed by atoms with van der Waals surface area (Å²) in [7, 11) is 0. The van der Waals surface area contributed by atoms with Gasteiger partial charge < -0.3 is 10.4 Å². The highest BCUT2D eigenvalue weighted by molar-refractivity contribution is 6.35. The average molecular weight is 351 g/mol. The van der Waals surface area contributed by atoms with E-state index in [1.54, 1.807) is 31.3 Å². The Morgan fingerprint density at radius 1 is 1.42 bits per heavy atom. The van der Waals surface area contributed by atoms with Gasteiger partial charge >= 0.3 is 0 Å². The summed E-state index contributed by atoms with van der Waals surface area (Å²) in [4.78, 5) is 16.5. The topological polar surface area (TPSA) is 62.2 Å². The van der Waals surface area contributed by atoms with Gasteiger partial charge in [0.05, 0.1) is 17.2 Å². The highest BCUT2D eigenvalue weighted by Crippen LogP contribution is 2.29. The molecule has 0 aliphatic rings. The van der Waals surface area contributed by atoms with Gasteiger partial charge in [-0.05, 0) is 31.5 Å². The smallest absolute Gasteiger partial charge is 0.199 e. The maximum Gasteiger partial charge on any atom is 0.199 e. The average Bonchev–Trinajstić information content (AvgIpc) is 2.60. The van der Waals surface area contributed by atoms with Crippen molar-refractivity contribution in [3.8, 4) is 0 Å². The molecule has 2 N–H and O–H groups in total. The lowest BCUT2D eigenvalue weighted by atomic mass is 9.96. The Hall–Kier alpha value is -1.82. The van der Waals surface area contributed by atoms with Crippen molar-refractivity contribution < 1.29 is 14.3 Å². The lowest BCUT2D eigenvalue weighted by Crippen LogP contribution is -2.33. The summed E-state index contributed by atoms with van der Waals surface area (Å²) in [6.45, 7) is 3.64. The third-order valence-corrected chi connectivity index (χ3v) is 4.13. The third-order valence-electron chi connectivity index (χ3n) is 3.82. The lowest BCUT2D eigenvalue weighted by molar-refractivity contribution is 0.103. The van der Waals surface area contributed by atoms with Crippen LogP contribution in [0, 0.1) is 5.82 Å². The van der Waals surface area contributed by atoms with Crippen LogP contribution < -0.4 is 5.32 Å². The number of hydrogen-bond acceptors (Lipinski definition) is 4. The van der Waals surface area contributed by atoms with Gasteiger partial charge in [-0.3, -0.25) is 9.78 Å². The van der Waals surface area contributed by atoms with E-state index in [1.165, 1.54) is 12.3 Å². The maximum atomic E-state index is 15.0. The molecule has 0 aliphatic heterocycles. The first-order valence-corrected chi connectivity index (χ1v) is 8.16. The van der Waals surface area contributed by atoms with Crippen LogP contribution in [-0.4, -0.2) is 28.5 Å². The van der Waals surface area contributed by atoms with Gasteiger partial charge in [-0.25, -0.2) is 4.39 Å². The number of nitrogens with zero attached hydrogens (tertiary/aromatic N) is 1. The predicted octanol–water partition coefficient (Wildman–Crippen LogP) is 3.53. The molecule has 0 saturated heterocycles. The van der Waals surface area contributed by atoms with Gasteiger partial charge in [0.2, 0.25) is 0 Å². The molecule has 128 valence electrons. The van der Waals surface area contributed by atoms with Gasteiger partial charge in [-0.1, -0.05) is 24.6 Å². The van der Waals surface area contributed by atoms with E-state index >= 15 is 4.39 Å². The molecule has 1 aromatic heterocycles. The molecule has 0 aliphatic carbocycles. The van der Waals surface area contributed by atoms with Gasteiger partial charge in [0, 0.05) is 35.6 Å². The first-order chi connectivity index (χ1) is 11.5. The molecule has 6 heteroatoms. The van der Waals surface area contributed by atoms with Crippen LogP contribution in [0.4, 0.5) is 4.39 Å². The molecule has 0 bridgehead atoms. The molecule has 1 heterocycles. The van der Waals surface area contributed by atoms with Crippen molar-refractivity contribution in [2.75, 3.05) is 6.61 Å². The molecular weight excluding hydrogens is 331 g/mol. The largest absolute Gasteiger partial charge is 0.395 e. The van der Waals surface area contributed by atoms with Crippen molar-refractivity contribution >= 4 is 17.4 Å². The van der Waals surface area contributed by atoms with Crippen molar-refractivity contribution in [2.24, 2.45) is 0 Å². The van der Waals surface area contributed by atoms with E-state index < -0.39 is 11.6 Å². The zero-order valence-corrected chi connectivity index (χ0v) is 14.3. The van der Waals surface area contributed by atoms with Crippen molar-refractivity contribution in [1.82, 2.24) is 10.3 Å². The van der Waals surface area contributed by atoms with E-state index in [0.717, 1.165) is 0 Å². The third kappa shape index (κ3) is 3.98. The molecule has 0 unspecified atom stereocenters. The normalized spacial score (nSPS) is 13.5. The van der Waals surface area contributed by atoms with E-state index in [0.29, 0.717) is 12.0 Å². The molecule has 24 heavy (non-hydrogen) atoms. The molecule has 1 aromatic carbocycles. The molecule has 0 radical (unpaired) electrons. The van der Waals surface area contributed by atoms with E-state index in [9.17, 15) is 9.90 Å². The van der Waals surface area contributed by atoms with Crippen LogP contribution in [0.2, 0.25) is 5.02 Å². The Labute approximate surface area is 145 Å². The number of halogens is 2. The SMILES string of the molecule is CC[C@@H](N[C@H](C)CO)c1ccc(Cl)c(C(=O)c2cccnc2)c1F. The molecule has 2 rings (SSSR count). The highest BCUT2D eigenvalue weighted by atomic mass is 35.5. The number of rotatable bonds is 7. The van der Waals surface area contributed by atoms with Gasteiger partial charge in [0.1, 0.15) is 5.82 Å². The van der Waals surface area contributed by atoms with Gasteiger partial charge in [0.15, 0.2) is 5.78 Å². The number of nitrogens with one attached hydrogen (secondary N) is 1. The summed E-state index contributed by atoms with van der Waals surface area (Å²) in [6.07, 6.45) is 3.52. The molecule has 0 spiro atoms. The minimum atomic E-state index is -0.638. The number of benzene rings is 1. The van der Waals surface area contributed by atoms with Crippen LogP contribution in [0.5, 0.6) is 0 Å². The fourth-order valence-electron chi connectivity index (χ4n) is 2.51. The number of pyridine rings is 1. The Morgan fingerprint density at radius 2 is 2.17 bits per heavy atom. The summed E-state index contributed by atoms with van der Waals surface area (Å²) in [5.41, 5.74) is 0.480. The summed E-state index contributed by atoms with van der Waals surface area (Å²) in [5, 5.41) is 12.4. The lowest BCUT2D eigenvalue weighted by Gasteiger charge is -2.23. The summed E-state index contributed by atoms with van der Waals surface area (Å²) >= 11 is 6.09.